The summed E-state index contributed by atoms with van der Waals surface area (Å²) in [7, 11) is 1.33. The maximum Gasteiger partial charge on any atom is 0.233 e. The first-order valence-corrected chi connectivity index (χ1v) is 9.80. The molecule has 172 valence electrons. The number of hydrogen-bond acceptors (Lipinski definition) is 10. The fourth-order valence-electron chi connectivity index (χ4n) is 3.29. The summed E-state index contributed by atoms with van der Waals surface area (Å²) >= 11 is 0. The SMILES string of the molecule is COc1cc(O)c(C(=O)CCc2ccc(O)cc2)c(O[C@@H]2O[C@H](CO)[C@@H](O)C(=O)[C@H]2O)c1. The van der Waals surface area contributed by atoms with Gasteiger partial charge in [-0.25, -0.2) is 0 Å². The summed E-state index contributed by atoms with van der Waals surface area (Å²) in [5.74, 6) is -1.91. The van der Waals surface area contributed by atoms with E-state index in [1.54, 1.807) is 12.1 Å². The van der Waals surface area contributed by atoms with Gasteiger partial charge in [-0.05, 0) is 24.1 Å². The quantitative estimate of drug-likeness (QED) is 0.355. The predicted octanol–water partition coefficient (Wildman–Crippen LogP) is 0.309. The Labute approximate surface area is 183 Å². The van der Waals surface area contributed by atoms with E-state index < -0.39 is 48.5 Å². The summed E-state index contributed by atoms with van der Waals surface area (Å²) < 4.78 is 15.9. The number of aliphatic hydroxyl groups is 3. The fourth-order valence-corrected chi connectivity index (χ4v) is 3.29. The number of carbonyl (C=O) groups is 2. The number of aromatic hydroxyl groups is 2. The lowest BCUT2D eigenvalue weighted by Crippen LogP contribution is -2.57. The van der Waals surface area contributed by atoms with Gasteiger partial charge in [0.25, 0.3) is 0 Å². The molecule has 0 spiro atoms. The predicted molar refractivity (Wildman–Crippen MR) is 109 cm³/mol. The smallest absolute Gasteiger partial charge is 0.233 e. The van der Waals surface area contributed by atoms with Crippen LogP contribution < -0.4 is 9.47 Å². The minimum Gasteiger partial charge on any atom is -0.508 e. The Morgan fingerprint density at radius 3 is 2.41 bits per heavy atom. The van der Waals surface area contributed by atoms with E-state index in [9.17, 15) is 35.1 Å². The molecular weight excluding hydrogens is 424 g/mol. The van der Waals surface area contributed by atoms with Gasteiger partial charge in [0, 0.05) is 18.6 Å². The second-order valence-electron chi connectivity index (χ2n) is 7.24. The molecule has 2 aromatic rings. The van der Waals surface area contributed by atoms with Gasteiger partial charge in [0.05, 0.1) is 13.7 Å². The van der Waals surface area contributed by atoms with Crippen LogP contribution in [0.2, 0.25) is 0 Å². The van der Waals surface area contributed by atoms with Crippen LogP contribution in [0.25, 0.3) is 0 Å². The second kappa shape index (κ2) is 9.96. The third kappa shape index (κ3) is 5.00. The fraction of sp³-hybridized carbons (Fsp3) is 0.364. The maximum atomic E-state index is 12.9. The molecule has 3 rings (SSSR count). The number of carbonyl (C=O) groups excluding carboxylic acids is 2. The summed E-state index contributed by atoms with van der Waals surface area (Å²) in [6.07, 6.45) is -6.31. The van der Waals surface area contributed by atoms with E-state index >= 15 is 0 Å². The zero-order chi connectivity index (χ0) is 23.4. The lowest BCUT2D eigenvalue weighted by atomic mass is 10.00. The molecule has 32 heavy (non-hydrogen) atoms. The molecule has 0 saturated carbocycles. The van der Waals surface area contributed by atoms with Crippen molar-refractivity contribution in [3.63, 3.8) is 0 Å². The standard InChI is InChI=1S/C22H24O10/c1-30-13-8-15(26)18(14(25)7-4-11-2-5-12(24)6-3-11)16(9-13)31-22-21(29)20(28)19(27)17(10-23)32-22/h2-3,5-6,8-9,17,19,21-24,26-27,29H,4,7,10H2,1H3/t17-,19-,21-,22-/m1/s1. The lowest BCUT2D eigenvalue weighted by molar-refractivity contribution is -0.229. The highest BCUT2D eigenvalue weighted by Gasteiger charge is 2.45. The number of ketones is 2. The summed E-state index contributed by atoms with van der Waals surface area (Å²) in [6.45, 7) is -0.707. The van der Waals surface area contributed by atoms with Gasteiger partial charge in [0.2, 0.25) is 6.29 Å². The van der Waals surface area contributed by atoms with Crippen molar-refractivity contribution in [3.05, 3.63) is 47.5 Å². The monoisotopic (exact) mass is 448 g/mol. The number of methoxy groups -OCH3 is 1. The number of rotatable bonds is 8. The number of phenols is 2. The molecule has 1 aliphatic heterocycles. The van der Waals surface area contributed by atoms with Gasteiger partial charge in [-0.15, -0.1) is 0 Å². The number of ether oxygens (including phenoxy) is 3. The number of Topliss-reactive ketones (excluding diaryl/α,β-unsaturated/α-hetero) is 2. The molecule has 1 fully saturated rings. The van der Waals surface area contributed by atoms with Crippen molar-refractivity contribution in [3.8, 4) is 23.0 Å². The van der Waals surface area contributed by atoms with E-state index in [0.29, 0.717) is 6.42 Å². The van der Waals surface area contributed by atoms with Crippen LogP contribution in [-0.2, 0) is 16.0 Å². The Hall–Kier alpha value is -3.18. The molecule has 1 heterocycles. The average molecular weight is 448 g/mol. The topological polar surface area (TPSA) is 163 Å². The molecule has 10 nitrogen and oxygen atoms in total. The molecular formula is C22H24O10. The molecule has 10 heteroatoms. The highest BCUT2D eigenvalue weighted by atomic mass is 16.7. The van der Waals surface area contributed by atoms with Crippen molar-refractivity contribution in [1.82, 2.24) is 0 Å². The van der Waals surface area contributed by atoms with Gasteiger partial charge >= 0.3 is 0 Å². The van der Waals surface area contributed by atoms with E-state index in [2.05, 4.69) is 0 Å². The molecule has 0 unspecified atom stereocenters. The van der Waals surface area contributed by atoms with Crippen LogP contribution in [-0.4, -0.2) is 75.4 Å². The number of aliphatic hydroxyl groups excluding tert-OH is 3. The van der Waals surface area contributed by atoms with Crippen molar-refractivity contribution >= 4 is 11.6 Å². The van der Waals surface area contributed by atoms with Crippen molar-refractivity contribution < 1.29 is 49.3 Å². The number of aryl methyl sites for hydroxylation is 1. The Bertz CT molecular complexity index is 971. The molecule has 1 saturated heterocycles. The first-order valence-electron chi connectivity index (χ1n) is 9.80. The Morgan fingerprint density at radius 2 is 1.78 bits per heavy atom. The van der Waals surface area contributed by atoms with Crippen LogP contribution >= 0.6 is 0 Å². The van der Waals surface area contributed by atoms with E-state index in [1.165, 1.54) is 31.4 Å². The van der Waals surface area contributed by atoms with Gasteiger partial charge < -0.3 is 39.7 Å². The Kier molecular flexibility index (Phi) is 7.31. The van der Waals surface area contributed by atoms with Crippen molar-refractivity contribution in [2.24, 2.45) is 0 Å². The van der Waals surface area contributed by atoms with Crippen LogP contribution in [0.5, 0.6) is 23.0 Å². The molecule has 4 atom stereocenters. The Balaban J connectivity index is 1.86. The summed E-state index contributed by atoms with van der Waals surface area (Å²) in [5.41, 5.74) is 0.572. The zero-order valence-electron chi connectivity index (χ0n) is 17.2. The maximum absolute atomic E-state index is 12.9. The first kappa shape index (κ1) is 23.5. The Morgan fingerprint density at radius 1 is 1.09 bits per heavy atom. The van der Waals surface area contributed by atoms with Gasteiger partial charge in [0.15, 0.2) is 17.7 Å². The van der Waals surface area contributed by atoms with Crippen LogP contribution in [0.4, 0.5) is 0 Å². The van der Waals surface area contributed by atoms with Crippen molar-refractivity contribution in [2.75, 3.05) is 13.7 Å². The zero-order valence-corrected chi connectivity index (χ0v) is 17.2. The minimum atomic E-state index is -1.89. The third-order valence-corrected chi connectivity index (χ3v) is 5.07. The van der Waals surface area contributed by atoms with Gasteiger partial charge in [-0.3, -0.25) is 9.59 Å². The number of phenolic OH excluding ortho intramolecular Hbond substituents is 2. The molecule has 5 N–H and O–H groups in total. The van der Waals surface area contributed by atoms with Crippen molar-refractivity contribution in [1.29, 1.82) is 0 Å². The van der Waals surface area contributed by atoms with Crippen LogP contribution in [0.1, 0.15) is 22.3 Å². The largest absolute Gasteiger partial charge is 0.508 e. The van der Waals surface area contributed by atoms with Gasteiger partial charge in [0.1, 0.15) is 40.8 Å². The van der Waals surface area contributed by atoms with E-state index in [4.69, 9.17) is 14.2 Å². The molecule has 0 aromatic heterocycles. The van der Waals surface area contributed by atoms with Crippen LogP contribution in [0.3, 0.4) is 0 Å². The highest BCUT2D eigenvalue weighted by molar-refractivity contribution is 6.01. The van der Waals surface area contributed by atoms with E-state index in [-0.39, 0.29) is 29.2 Å². The summed E-state index contributed by atoms with van der Waals surface area (Å²) in [5, 5.41) is 49.0. The summed E-state index contributed by atoms with van der Waals surface area (Å²) in [4.78, 5) is 25.0. The molecule has 2 aromatic carbocycles. The van der Waals surface area contributed by atoms with E-state index in [0.717, 1.165) is 5.56 Å². The average Bonchev–Trinajstić information content (AvgIpc) is 2.78. The van der Waals surface area contributed by atoms with Gasteiger partial charge in [-0.2, -0.15) is 0 Å². The number of hydrogen-bond donors (Lipinski definition) is 5. The third-order valence-electron chi connectivity index (χ3n) is 5.07. The highest BCUT2D eigenvalue weighted by Crippen LogP contribution is 2.36. The molecule has 0 radical (unpaired) electrons. The van der Waals surface area contributed by atoms with Crippen LogP contribution in [0, 0.1) is 0 Å². The van der Waals surface area contributed by atoms with Crippen molar-refractivity contribution in [2.45, 2.75) is 37.4 Å². The minimum absolute atomic E-state index is 0.0218. The normalized spacial score (nSPS) is 23.1. The lowest BCUT2D eigenvalue weighted by Gasteiger charge is -2.35. The van der Waals surface area contributed by atoms with E-state index in [1.807, 2.05) is 0 Å². The summed E-state index contributed by atoms with van der Waals surface area (Å²) in [6, 6.07) is 8.80. The second-order valence-corrected chi connectivity index (χ2v) is 7.24. The molecule has 1 aliphatic rings. The number of benzene rings is 2. The van der Waals surface area contributed by atoms with Crippen LogP contribution in [0.15, 0.2) is 36.4 Å². The molecule has 0 bridgehead atoms. The molecule has 0 aliphatic carbocycles. The first-order chi connectivity index (χ1) is 15.2. The molecule has 0 amide bonds. The van der Waals surface area contributed by atoms with Gasteiger partial charge in [-0.1, -0.05) is 12.1 Å².